The summed E-state index contributed by atoms with van der Waals surface area (Å²) in [5, 5.41) is 0.941. The molecule has 2 heterocycles. The number of rotatable bonds is 10. The second-order valence-corrected chi connectivity index (χ2v) is 20.1. The number of benzene rings is 7. The quantitative estimate of drug-likeness (QED) is 0.0436. The third-order valence-corrected chi connectivity index (χ3v) is 16.5. The van der Waals surface area contributed by atoms with Gasteiger partial charge in [0.2, 0.25) is 4.21 Å². The summed E-state index contributed by atoms with van der Waals surface area (Å²) < 4.78 is 301. The van der Waals surface area contributed by atoms with Crippen molar-refractivity contribution in [2.75, 3.05) is 7.11 Å². The molecule has 0 amide bonds. The summed E-state index contributed by atoms with van der Waals surface area (Å²) in [6, 6.07) is 39.2. The Hall–Kier alpha value is -7.25. The molecule has 0 spiro atoms. The normalized spacial score (nSPS) is 11.6. The molecule has 0 aliphatic heterocycles. The van der Waals surface area contributed by atoms with Crippen LogP contribution in [0.15, 0.2) is 123 Å². The van der Waals surface area contributed by atoms with Crippen LogP contribution in [0.2, 0.25) is 0 Å². The van der Waals surface area contributed by atoms with Crippen molar-refractivity contribution < 1.29 is 92.5 Å². The number of halogens is 20. The Morgan fingerprint density at radius 1 is 0.303 bits per heavy atom. The zero-order valence-corrected chi connectivity index (χ0v) is 39.6. The first kappa shape index (κ1) is 55.0. The van der Waals surface area contributed by atoms with E-state index in [-0.39, 0.29) is 10.9 Å². The van der Waals surface area contributed by atoms with Gasteiger partial charge in [-0.1, -0.05) is 83.3 Å². The lowest BCUT2D eigenvalue weighted by Crippen LogP contribution is -2.81. The van der Waals surface area contributed by atoms with Gasteiger partial charge >= 0.3 is 0 Å². The molecule has 9 rings (SSSR count). The fourth-order valence-electron chi connectivity index (χ4n) is 8.32. The minimum atomic E-state index is -7.22. The summed E-state index contributed by atoms with van der Waals surface area (Å²) in [4.78, 5) is 5.23. The molecule has 0 saturated heterocycles. The Morgan fingerprint density at radius 2 is 0.566 bits per heavy atom. The fraction of sp³-hybridized carbons (Fsp3) is 0.0196. The van der Waals surface area contributed by atoms with Gasteiger partial charge in [-0.15, -0.1) is 21.9 Å². The lowest BCUT2D eigenvalue weighted by Gasteiger charge is -2.44. The molecule has 25 heteroatoms. The van der Waals surface area contributed by atoms with Crippen molar-refractivity contribution in [3.05, 3.63) is 226 Å². The second-order valence-electron chi connectivity index (χ2n) is 15.8. The van der Waals surface area contributed by atoms with E-state index in [0.717, 1.165) is 5.06 Å². The number of hydrogen-bond donors (Lipinski definition) is 0. The van der Waals surface area contributed by atoms with Crippen LogP contribution in [0.4, 0.5) is 87.8 Å². The predicted molar refractivity (Wildman–Crippen MR) is 244 cm³/mol. The number of ether oxygens (including phenoxy) is 1. The molecule has 9 aromatic rings. The lowest BCUT2D eigenvalue weighted by molar-refractivity contribution is 0.378. The smallest absolute Gasteiger partial charge is 0.220 e. The van der Waals surface area contributed by atoms with Crippen LogP contribution in [0.1, 0.15) is 0 Å². The molecule has 1 nitrogen and oxygen atoms in total. The molecule has 0 fully saturated rings. The van der Waals surface area contributed by atoms with E-state index in [1.807, 2.05) is 17.4 Å². The van der Waals surface area contributed by atoms with Crippen LogP contribution in [0.3, 0.4) is 0 Å². The van der Waals surface area contributed by atoms with Gasteiger partial charge in [-0.2, -0.15) is 0 Å². The van der Waals surface area contributed by atoms with Crippen molar-refractivity contribution in [2.24, 2.45) is 0 Å². The molecule has 0 aliphatic carbocycles. The van der Waals surface area contributed by atoms with Crippen molar-refractivity contribution >= 4 is 61.6 Å². The van der Waals surface area contributed by atoms with Gasteiger partial charge in [0.25, 0.3) is 0 Å². The van der Waals surface area contributed by atoms with Gasteiger partial charge < -0.3 is 4.74 Å². The van der Waals surface area contributed by atoms with Crippen LogP contribution in [0, 0.1) is 116 Å². The largest absolute Gasteiger partial charge is 0.487 e. The van der Waals surface area contributed by atoms with Crippen LogP contribution in [0.5, 0.6) is 5.06 Å². The average Bonchev–Trinajstić information content (AvgIpc) is 4.18. The monoisotopic (exact) mass is 1140 g/mol. The minimum Gasteiger partial charge on any atom is -0.487 e. The second kappa shape index (κ2) is 21.4. The van der Waals surface area contributed by atoms with Crippen LogP contribution >= 0.6 is 22.7 Å². The Labute approximate surface area is 425 Å². The van der Waals surface area contributed by atoms with E-state index in [9.17, 15) is 52.7 Å². The summed E-state index contributed by atoms with van der Waals surface area (Å²) in [6.07, 6.45) is -7.22. The first-order valence-corrected chi connectivity index (χ1v) is 23.8. The van der Waals surface area contributed by atoms with Gasteiger partial charge in [-0.3, -0.25) is 0 Å². The Balaban J connectivity index is 0.000000215. The Bertz CT molecular complexity index is 3280. The van der Waals surface area contributed by atoms with Crippen molar-refractivity contribution in [3.63, 3.8) is 0 Å². The van der Waals surface area contributed by atoms with Crippen molar-refractivity contribution in [1.82, 2.24) is 0 Å². The molecule has 0 aliphatic rings. The van der Waals surface area contributed by atoms with Crippen molar-refractivity contribution in [1.29, 1.82) is 0 Å². The zero-order chi connectivity index (χ0) is 55.4. The van der Waals surface area contributed by atoms with Crippen LogP contribution < -0.4 is 26.6 Å². The minimum absolute atomic E-state index is 0.0937. The van der Waals surface area contributed by atoms with Gasteiger partial charge in [0, 0.05) is 15.8 Å². The summed E-state index contributed by atoms with van der Waals surface area (Å²) in [7, 11) is 1.62. The van der Waals surface area contributed by atoms with Gasteiger partial charge in [0.05, 0.1) is 7.11 Å². The molecule has 2 aromatic heterocycles. The number of thiophene rings is 2. The standard InChI is InChI=1S/C27H21OS3.C24BF20/c1-28-26-18-16-24(29-26)20-12-14-21(15-13-20)25-17-19-27(30-25)31(22-8-4-2-5-9-22)23-10-6-3-7-11-23;26-5-1(6(27)14(35)21(42)13(5)34)25(2-7(28)15(36)22(43)16(37)8(2)29,3-9(30)17(38)23(44)18(39)10(3)31)4-11(32)19(40)24(45)20(41)12(4)33/h2-19H,1H3;/q+1;-1. The average molecular weight is 1140 g/mol. The molecule has 392 valence electrons. The van der Waals surface area contributed by atoms with E-state index in [1.54, 1.807) is 18.4 Å². The highest BCUT2D eigenvalue weighted by atomic mass is 32.2. The van der Waals surface area contributed by atoms with E-state index >= 15 is 35.1 Å². The summed E-state index contributed by atoms with van der Waals surface area (Å²) in [5.74, 6) is -71.4. The van der Waals surface area contributed by atoms with E-state index in [1.165, 1.54) is 34.9 Å². The maximum atomic E-state index is 15.4. The third-order valence-electron chi connectivity index (χ3n) is 11.7. The van der Waals surface area contributed by atoms with Gasteiger partial charge in [-0.05, 0) is 53.6 Å². The maximum Gasteiger partial charge on any atom is 0.220 e. The highest BCUT2D eigenvalue weighted by Gasteiger charge is 2.52. The molecule has 0 unspecified atom stereocenters. The molecule has 0 bridgehead atoms. The zero-order valence-electron chi connectivity index (χ0n) is 37.2. The molecule has 76 heavy (non-hydrogen) atoms. The van der Waals surface area contributed by atoms with Crippen LogP contribution in [-0.2, 0) is 10.9 Å². The number of hydrogen-bond acceptors (Lipinski definition) is 3. The summed E-state index contributed by atoms with van der Waals surface area (Å²) in [6.45, 7) is 0. The van der Waals surface area contributed by atoms with Gasteiger partial charge in [0.1, 0.15) is 63.6 Å². The van der Waals surface area contributed by atoms with Crippen molar-refractivity contribution in [2.45, 2.75) is 14.0 Å². The summed E-state index contributed by atoms with van der Waals surface area (Å²) in [5.41, 5.74) is -11.8. The van der Waals surface area contributed by atoms with E-state index in [4.69, 9.17) is 4.74 Å². The van der Waals surface area contributed by atoms with E-state index in [2.05, 4.69) is 103 Å². The molecule has 0 N–H and O–H groups in total. The molecule has 0 radical (unpaired) electrons. The molecular weight excluding hydrogens is 1120 g/mol. The van der Waals surface area contributed by atoms with Crippen molar-refractivity contribution in [3.8, 4) is 25.9 Å². The van der Waals surface area contributed by atoms with Crippen LogP contribution in [-0.4, -0.2) is 13.3 Å². The summed E-state index contributed by atoms with van der Waals surface area (Å²) >= 11 is 3.56. The topological polar surface area (TPSA) is 9.23 Å². The first-order valence-electron chi connectivity index (χ1n) is 20.9. The number of methoxy groups -OCH3 is 1. The maximum absolute atomic E-state index is 15.4. The van der Waals surface area contributed by atoms with E-state index in [0.29, 0.717) is 0 Å². The fourth-order valence-corrected chi connectivity index (χ4v) is 12.9. The Kier molecular flexibility index (Phi) is 15.5. The highest BCUT2D eigenvalue weighted by molar-refractivity contribution is 7.99. The first-order chi connectivity index (χ1) is 36.0. The molecule has 7 aromatic carbocycles. The molecule has 0 atom stereocenters. The van der Waals surface area contributed by atoms with Crippen LogP contribution in [0.25, 0.3) is 20.9 Å². The predicted octanol–water partition coefficient (Wildman–Crippen LogP) is 14.1. The third kappa shape index (κ3) is 9.03. The van der Waals surface area contributed by atoms with Gasteiger partial charge in [0.15, 0.2) is 84.7 Å². The highest BCUT2D eigenvalue weighted by Crippen LogP contribution is 2.40. The lowest BCUT2D eigenvalue weighted by atomic mass is 9.12. The van der Waals surface area contributed by atoms with Gasteiger partial charge in [-0.25, -0.2) is 87.8 Å². The van der Waals surface area contributed by atoms with E-state index < -0.39 is 144 Å². The Morgan fingerprint density at radius 3 is 0.842 bits per heavy atom. The molecule has 0 saturated carbocycles. The SMILES string of the molecule is COc1ccc(-c2ccc(-c3ccc([S+](c4ccccc4)c4ccccc4)s3)cc2)s1.Fc1c(F)c(F)c([B-](c2c(F)c(F)c(F)c(F)c2F)(c2c(F)c(F)c(F)c(F)c2F)c2c(F)c(F)c(F)c(F)c2F)c(F)c1F. The molecular formula is C51H21BF20OS3.